The molecule has 9 aromatic rings. The Kier molecular flexibility index (Phi) is 39.0. The van der Waals surface area contributed by atoms with E-state index >= 15 is 66.7 Å². The number of amides is 12. The molecule has 36 nitrogen and oxygen atoms in total. The predicted octanol–water partition coefficient (Wildman–Crippen LogP) is 7.05. The van der Waals surface area contributed by atoms with Crippen LogP contribution in [-0.2, 0) is 122 Å². The van der Waals surface area contributed by atoms with Crippen molar-refractivity contribution in [1.29, 1.82) is 5.41 Å². The summed E-state index contributed by atoms with van der Waals surface area (Å²) in [5.74, 6) is -22.4. The normalized spacial score (nSPS) is 22.0. The number of para-hydroxylation sites is 2. The Balaban J connectivity index is 0.972. The first-order valence-corrected chi connectivity index (χ1v) is 49.8. The third-order valence-electron chi connectivity index (χ3n) is 28.2. The number of ketones is 3. The summed E-state index contributed by atoms with van der Waals surface area (Å²) in [5.41, 5.74) is 15.9. The predicted molar refractivity (Wildman–Crippen MR) is 543 cm³/mol. The number of nitrogens with zero attached hydrogens (tertiary/aromatic N) is 6. The fourth-order valence-electron chi connectivity index (χ4n) is 19.7. The molecule has 3 fully saturated rings. The summed E-state index contributed by atoms with van der Waals surface area (Å²) in [6, 6.07) is 28.8. The van der Waals surface area contributed by atoms with E-state index in [2.05, 4.69) is 41.9 Å². The number of unbranched alkanes of at least 4 members (excludes halogenated alkanes) is 1. The van der Waals surface area contributed by atoms with Crippen molar-refractivity contribution < 1.29 is 101 Å². The van der Waals surface area contributed by atoms with Crippen LogP contribution < -0.4 is 43.4 Å². The van der Waals surface area contributed by atoms with Crippen LogP contribution in [0.15, 0.2) is 188 Å². The van der Waals surface area contributed by atoms with Gasteiger partial charge in [-0.1, -0.05) is 140 Å². The first-order valence-electron chi connectivity index (χ1n) is 49.8. The molecule has 5 heterocycles. The maximum Gasteiger partial charge on any atom is 0.326 e. The molecule has 0 radical (unpaired) electrons. The van der Waals surface area contributed by atoms with Crippen molar-refractivity contribution >= 4 is 122 Å². The number of phenols is 2. The van der Waals surface area contributed by atoms with Gasteiger partial charge in [-0.25, -0.2) is 13.6 Å². The summed E-state index contributed by atoms with van der Waals surface area (Å²) in [5, 5.41) is 56.7. The molecule has 3 aliphatic heterocycles. The second-order valence-electron chi connectivity index (χ2n) is 38.6. The number of carbonyl (C=O) groups excluding carboxylic acids is 15. The van der Waals surface area contributed by atoms with Gasteiger partial charge in [0.2, 0.25) is 70.9 Å². The van der Waals surface area contributed by atoms with Gasteiger partial charge in [0.25, 0.3) is 0 Å². The largest absolute Gasteiger partial charge is 0.505 e. The summed E-state index contributed by atoms with van der Waals surface area (Å²) in [6.07, 6.45) is -2.10. The zero-order valence-corrected chi connectivity index (χ0v) is 83.3. The molecule has 2 aromatic heterocycles. The molecule has 12 rings (SSSR count). The highest BCUT2D eigenvalue weighted by Crippen LogP contribution is 2.34. The van der Waals surface area contributed by atoms with Crippen LogP contribution in [0.5, 0.6) is 11.5 Å². The number of nitrogens with one attached hydrogen (secondary N) is 9. The van der Waals surface area contributed by atoms with Crippen LogP contribution in [0.3, 0.4) is 0 Å². The lowest BCUT2D eigenvalue weighted by Crippen LogP contribution is -2.61. The molecule has 14 atom stereocenters. The van der Waals surface area contributed by atoms with E-state index in [9.17, 15) is 34.1 Å². The average molecular weight is 2020 g/mol. The van der Waals surface area contributed by atoms with Gasteiger partial charge in [-0.2, -0.15) is 0 Å². The van der Waals surface area contributed by atoms with Crippen LogP contribution in [0.4, 0.5) is 8.78 Å². The van der Waals surface area contributed by atoms with Gasteiger partial charge in [-0.15, -0.1) is 0 Å². The standard InChI is InChI=1S/C109H131F2N17O19/c1-64-104(141)124(4)89(53-66-25-10-7-11-26-66)96(133)59-72(49-69-39-42-92(129)78(110)50-69)94(131)60-73(56-74-62-116-80-34-18-16-32-76(74)80)105(142)126(6)91(55-68-29-14-9-15-30-68)108(145)128-48-24-38-88(128)102(139)119-83(41-44-97(114)134)106(143)125(5)90(54-67-27-12-8-13-28-67)103(140)118-82(36-20-21-45-112)100(137)120-84(57-75-63-117-81-35-19-17-33-77(75)81)101(138)121-85(61-98(135)123(64)3)107(144)127-47-23-37-87(127)95(132)58-71(31-22-46-115-65(2)113)99(136)122-86(109(146)147)52-70-40-43-93(130)79(111)51-70/h7-19,25-30,32-35,39-40,42-43,50-51,62-64,71-73,82-91,116-117,129-130H,20-24,31,36-38,41,44-49,52-61,112H2,1-6H3,(H2,113,115)(H2,114,134)(H,118,140)(H,119,139)(H,120,137)(H,121,138)(H,122,136)(H,146,147)/t64-,71+,72+,73+,82-,83-,84-,85-,86-,87-,88?,89-,90-,91-/m0/s1. The van der Waals surface area contributed by atoms with Gasteiger partial charge < -0.3 is 98.1 Å². The van der Waals surface area contributed by atoms with E-state index in [4.69, 9.17) is 16.9 Å². The number of aromatic nitrogens is 2. The third-order valence-corrected chi connectivity index (χ3v) is 28.2. The molecule has 3 aliphatic rings. The lowest BCUT2D eigenvalue weighted by atomic mass is 9.82. The molecule has 3 saturated heterocycles. The smallest absolute Gasteiger partial charge is 0.326 e. The van der Waals surface area contributed by atoms with Gasteiger partial charge in [-0.05, 0) is 179 Å². The summed E-state index contributed by atoms with van der Waals surface area (Å²) in [7, 11) is 5.23. The van der Waals surface area contributed by atoms with Crippen molar-refractivity contribution in [3.05, 3.63) is 239 Å². The Hall–Kier alpha value is -15.4. The lowest BCUT2D eigenvalue weighted by molar-refractivity contribution is -0.150. The monoisotopic (exact) mass is 2020 g/mol. The summed E-state index contributed by atoms with van der Waals surface area (Å²) >= 11 is 0. The third kappa shape index (κ3) is 29.3. The molecule has 38 heteroatoms. The number of likely N-dealkylation sites (tertiary alicyclic amines) is 1. The van der Waals surface area contributed by atoms with E-state index in [-0.39, 0.29) is 133 Å². The van der Waals surface area contributed by atoms with E-state index in [1.165, 1.54) is 64.0 Å². The fourth-order valence-corrected chi connectivity index (χ4v) is 19.7. The second kappa shape index (κ2) is 51.9. The molecule has 12 amide bonds. The molecule has 0 aliphatic carbocycles. The topological polar surface area (TPSA) is 533 Å². The van der Waals surface area contributed by atoms with Crippen molar-refractivity contribution in [3.63, 3.8) is 0 Å². The van der Waals surface area contributed by atoms with E-state index < -0.39 is 253 Å². The molecule has 1 unspecified atom stereocenters. The fraction of sp³-hybridized carbons (Fsp3) is 0.422. The Morgan fingerprint density at radius 1 is 0.517 bits per heavy atom. The van der Waals surface area contributed by atoms with Crippen molar-refractivity contribution in [1.82, 2.24) is 71.3 Å². The number of carboxylic acids is 1. The number of H-pyrrole nitrogens is 2. The van der Waals surface area contributed by atoms with E-state index in [0.29, 0.717) is 49.6 Å². The number of fused-ring (bicyclic) bond motifs is 3. The van der Waals surface area contributed by atoms with Gasteiger partial charge in [0.15, 0.2) is 34.7 Å². The lowest BCUT2D eigenvalue weighted by Gasteiger charge is -2.36. The number of primary amides is 1. The Labute approximate surface area is 850 Å². The van der Waals surface area contributed by atoms with Crippen molar-refractivity contribution in [2.75, 3.05) is 54.4 Å². The number of Topliss-reactive ketones (excluding diaryl/α,β-unsaturated/α-hetero) is 3. The highest BCUT2D eigenvalue weighted by Gasteiger charge is 2.47. The molecule has 0 saturated carbocycles. The van der Waals surface area contributed by atoms with Crippen LogP contribution in [-0.4, -0.2) is 276 Å². The number of hydrogen-bond donors (Lipinski definition) is 14. The minimum atomic E-state index is -2.04. The van der Waals surface area contributed by atoms with Crippen molar-refractivity contribution in [2.24, 2.45) is 29.2 Å². The van der Waals surface area contributed by atoms with Crippen LogP contribution in [0, 0.1) is 34.8 Å². The number of aromatic hydroxyl groups is 2. The number of halogens is 2. The van der Waals surface area contributed by atoms with E-state index in [0.717, 1.165) is 43.9 Å². The number of benzene rings is 7. The molecule has 0 spiro atoms. The minimum Gasteiger partial charge on any atom is -0.505 e. The highest BCUT2D eigenvalue weighted by molar-refractivity contribution is 6.03. The number of carboxylic acid groups (broad SMARTS) is 1. The van der Waals surface area contributed by atoms with Gasteiger partial charge >= 0.3 is 5.97 Å². The number of likely N-dealkylation sites (N-methyl/N-ethyl adjacent to an activating group) is 4. The van der Waals surface area contributed by atoms with Crippen LogP contribution in [0.2, 0.25) is 0 Å². The first-order chi connectivity index (χ1) is 70.3. The van der Waals surface area contributed by atoms with Crippen LogP contribution in [0.1, 0.15) is 149 Å². The number of rotatable bonds is 32. The van der Waals surface area contributed by atoms with Gasteiger partial charge in [0.1, 0.15) is 60.2 Å². The average Bonchev–Trinajstić information content (AvgIpc) is 1.73. The summed E-state index contributed by atoms with van der Waals surface area (Å²) in [4.78, 5) is 261. The molecule has 16 N–H and O–H groups in total. The molecular formula is C109H131F2N17O19. The van der Waals surface area contributed by atoms with Crippen molar-refractivity contribution in [3.8, 4) is 11.5 Å². The van der Waals surface area contributed by atoms with Crippen LogP contribution >= 0.6 is 0 Å². The number of carbonyl (C=O) groups is 16. The Bertz CT molecular complexity index is 6270. The summed E-state index contributed by atoms with van der Waals surface area (Å²) < 4.78 is 30.4. The quantitative estimate of drug-likeness (QED) is 0.0114. The van der Waals surface area contributed by atoms with Crippen LogP contribution in [0.25, 0.3) is 21.8 Å². The molecular weight excluding hydrogens is 1890 g/mol. The van der Waals surface area contributed by atoms with E-state index in [1.807, 2.05) is 12.1 Å². The second-order valence-corrected chi connectivity index (χ2v) is 38.6. The number of aromatic amines is 2. The molecule has 7 aromatic carbocycles. The maximum absolute atomic E-state index is 16.3. The highest BCUT2D eigenvalue weighted by atomic mass is 19.1. The Morgan fingerprint density at radius 3 is 1.64 bits per heavy atom. The first kappa shape index (κ1) is 110. The van der Waals surface area contributed by atoms with Gasteiger partial charge in [-0.3, -0.25) is 77.3 Å². The summed E-state index contributed by atoms with van der Waals surface area (Å²) in [6.45, 7) is 2.78. The van der Waals surface area contributed by atoms with E-state index in [1.54, 1.807) is 140 Å². The molecule has 0 bridgehead atoms. The van der Waals surface area contributed by atoms with Crippen molar-refractivity contribution in [2.45, 2.75) is 222 Å². The molecule has 147 heavy (non-hydrogen) atoms. The zero-order chi connectivity index (χ0) is 106. The molecule has 780 valence electrons. The number of hydrogen-bond acceptors (Lipinski definition) is 20. The number of phenolic OH excluding ortho intramolecular Hbond substituents is 2. The number of aliphatic carboxylic acids is 1. The Morgan fingerprint density at radius 2 is 1.05 bits per heavy atom. The van der Waals surface area contributed by atoms with Gasteiger partial charge in [0, 0.05) is 151 Å². The zero-order valence-electron chi connectivity index (χ0n) is 83.3. The minimum absolute atomic E-state index is 0.0179. The maximum atomic E-state index is 16.3. The van der Waals surface area contributed by atoms with Gasteiger partial charge in [0.05, 0.1) is 24.3 Å². The number of nitrogens with two attached hydrogens (primary N) is 2. The number of amidine groups is 1. The SMILES string of the molecule is CC(=N)NCCC[C@H](CC(=O)[C@@H]1CCCN1C(=O)[C@@H]1CC(=O)N(C)[C@@H](C)C(=O)N(C)[C@@H](Cc2ccccc2)C(=O)C[C@@H](Cc2ccc(O)c(F)c2)C(=O)C[C@@H](Cc2c[nH]c3ccccc23)C(=O)N(C)[C@@H](Cc2ccccc2)C(=O)N2CCCC2C(=O)N[C@@H](CCC(N)=O)C(=O)N(C)[C@@H](Cc2ccccc2)C(=O)N[C@@H](CCCCN)C(=O)N[C@@H](Cc2c[nH]c3ccccc23)C(=O)N1)C(=O)N[C@@H](Cc1ccc(O)c(F)c1)C(=O)O.